The Kier molecular flexibility index (Phi) is 5.25. The van der Waals surface area contributed by atoms with Gasteiger partial charge in [0, 0.05) is 17.0 Å². The van der Waals surface area contributed by atoms with Gasteiger partial charge in [-0.15, -0.1) is 0 Å². The molecule has 1 atom stereocenters. The zero-order valence-corrected chi connectivity index (χ0v) is 14.8. The summed E-state index contributed by atoms with van der Waals surface area (Å²) in [6.45, 7) is 0.0682. The maximum Gasteiger partial charge on any atom is 0.341 e. The van der Waals surface area contributed by atoms with Crippen LogP contribution in [0.3, 0.4) is 0 Å². The second-order valence-electron chi connectivity index (χ2n) is 5.95. The molecule has 0 saturated heterocycles. The zero-order chi connectivity index (χ0) is 19.6. The molecule has 1 aromatic heterocycles. The van der Waals surface area contributed by atoms with Crippen molar-refractivity contribution in [3.63, 3.8) is 0 Å². The van der Waals surface area contributed by atoms with E-state index in [2.05, 4.69) is 10.3 Å². The van der Waals surface area contributed by atoms with E-state index in [-0.39, 0.29) is 18.0 Å². The molecule has 1 unspecified atom stereocenters. The molecule has 3 aromatic rings. The van der Waals surface area contributed by atoms with Gasteiger partial charge in [0.2, 0.25) is 5.91 Å². The molecule has 0 fully saturated rings. The second-order valence-corrected chi connectivity index (χ2v) is 6.39. The molecule has 0 bridgehead atoms. The fourth-order valence-corrected chi connectivity index (χ4v) is 3.01. The Balaban J connectivity index is 1.88. The molecule has 2 aromatic carbocycles. The number of aromatic nitrogens is 1. The van der Waals surface area contributed by atoms with E-state index in [0.717, 1.165) is 0 Å². The molecule has 138 valence electrons. The number of hydrogen-bond donors (Lipinski definition) is 4. The Morgan fingerprint density at radius 2 is 1.89 bits per heavy atom. The first-order valence-corrected chi connectivity index (χ1v) is 8.41. The van der Waals surface area contributed by atoms with Crippen LogP contribution in [0.1, 0.15) is 27.5 Å². The highest BCUT2D eigenvalue weighted by atomic mass is 35.5. The van der Waals surface area contributed by atoms with E-state index in [9.17, 15) is 14.4 Å². The van der Waals surface area contributed by atoms with E-state index in [1.165, 1.54) is 6.07 Å². The van der Waals surface area contributed by atoms with Gasteiger partial charge in [0.05, 0.1) is 5.52 Å². The summed E-state index contributed by atoms with van der Waals surface area (Å²) in [4.78, 5) is 38.0. The number of aromatic carboxylic acids is 1. The van der Waals surface area contributed by atoms with E-state index in [1.54, 1.807) is 36.4 Å². The third kappa shape index (κ3) is 3.99. The second kappa shape index (κ2) is 7.61. The number of H-pyrrole nitrogens is 1. The number of carboxylic acid groups (broad SMARTS) is 1. The van der Waals surface area contributed by atoms with Crippen molar-refractivity contribution in [1.29, 1.82) is 0 Å². The number of halogens is 1. The van der Waals surface area contributed by atoms with Gasteiger partial charge in [-0.05, 0) is 29.3 Å². The number of nitrogens with one attached hydrogen (secondary N) is 2. The molecule has 1 heterocycles. The largest absolute Gasteiger partial charge is 0.477 e. The van der Waals surface area contributed by atoms with E-state index >= 15 is 0 Å². The normalized spacial score (nSPS) is 11.9. The smallest absolute Gasteiger partial charge is 0.341 e. The lowest BCUT2D eigenvalue weighted by molar-refractivity contribution is -0.122. The fraction of sp³-hybridized carbons (Fsp3) is 0.105. The van der Waals surface area contributed by atoms with Crippen molar-refractivity contribution in [3.05, 3.63) is 80.6 Å². The number of pyridine rings is 1. The van der Waals surface area contributed by atoms with E-state index in [4.69, 9.17) is 22.4 Å². The lowest BCUT2D eigenvalue weighted by Gasteiger charge is -2.14. The van der Waals surface area contributed by atoms with Crippen molar-refractivity contribution in [2.75, 3.05) is 0 Å². The van der Waals surface area contributed by atoms with Gasteiger partial charge in [0.25, 0.3) is 5.56 Å². The molecule has 0 radical (unpaired) electrons. The Hall–Kier alpha value is -3.16. The third-order valence-electron chi connectivity index (χ3n) is 4.12. The zero-order valence-electron chi connectivity index (χ0n) is 14.0. The number of nitrogens with two attached hydrogens (primary N) is 1. The maximum absolute atomic E-state index is 12.3. The Morgan fingerprint density at radius 1 is 1.19 bits per heavy atom. The average Bonchev–Trinajstić information content (AvgIpc) is 2.65. The van der Waals surface area contributed by atoms with Crippen molar-refractivity contribution >= 4 is 34.4 Å². The number of amides is 1. The maximum atomic E-state index is 12.3. The van der Waals surface area contributed by atoms with Gasteiger partial charge in [0.1, 0.15) is 11.6 Å². The van der Waals surface area contributed by atoms with Crippen molar-refractivity contribution in [2.24, 2.45) is 5.73 Å². The van der Waals surface area contributed by atoms with Crippen molar-refractivity contribution < 1.29 is 14.7 Å². The lowest BCUT2D eigenvalue weighted by atomic mass is 10.1. The summed E-state index contributed by atoms with van der Waals surface area (Å²) in [7, 11) is 0. The summed E-state index contributed by atoms with van der Waals surface area (Å²) in [5.41, 5.74) is 6.47. The van der Waals surface area contributed by atoms with E-state index in [0.29, 0.717) is 27.1 Å². The Labute approximate surface area is 158 Å². The summed E-state index contributed by atoms with van der Waals surface area (Å²) in [5, 5.41) is 12.6. The van der Waals surface area contributed by atoms with Gasteiger partial charge in [-0.2, -0.15) is 0 Å². The van der Waals surface area contributed by atoms with Crippen LogP contribution in [0.2, 0.25) is 5.02 Å². The van der Waals surface area contributed by atoms with E-state index in [1.807, 2.05) is 6.07 Å². The Morgan fingerprint density at radius 3 is 2.56 bits per heavy atom. The predicted octanol–water partition coefficient (Wildman–Crippen LogP) is 2.20. The number of fused-ring (bicyclic) bond motifs is 1. The molecule has 5 N–H and O–H groups in total. The number of rotatable bonds is 5. The lowest BCUT2D eigenvalue weighted by Crippen LogP contribution is -2.33. The fourth-order valence-electron chi connectivity index (χ4n) is 2.76. The molecular formula is C19H16ClN3O4. The van der Waals surface area contributed by atoms with Crippen LogP contribution in [0.15, 0.2) is 53.3 Å². The van der Waals surface area contributed by atoms with Crippen LogP contribution in [0.5, 0.6) is 0 Å². The van der Waals surface area contributed by atoms with Crippen molar-refractivity contribution in [1.82, 2.24) is 10.3 Å². The van der Waals surface area contributed by atoms with Gasteiger partial charge in [-0.1, -0.05) is 41.9 Å². The van der Waals surface area contributed by atoms with E-state index < -0.39 is 17.6 Å². The van der Waals surface area contributed by atoms with Crippen LogP contribution < -0.4 is 16.6 Å². The predicted molar refractivity (Wildman–Crippen MR) is 102 cm³/mol. The summed E-state index contributed by atoms with van der Waals surface area (Å²) in [6.07, 6.45) is 0. The first kappa shape index (κ1) is 18.6. The van der Waals surface area contributed by atoms with Crippen molar-refractivity contribution in [2.45, 2.75) is 12.6 Å². The summed E-state index contributed by atoms with van der Waals surface area (Å²) in [5.74, 6) is -1.72. The first-order valence-electron chi connectivity index (χ1n) is 8.04. The molecule has 0 aliphatic carbocycles. The highest BCUT2D eigenvalue weighted by Gasteiger charge is 2.17. The van der Waals surface area contributed by atoms with Crippen LogP contribution >= 0.6 is 11.6 Å². The monoisotopic (exact) mass is 385 g/mol. The molecule has 3 rings (SSSR count). The van der Waals surface area contributed by atoms with Crippen LogP contribution in [-0.2, 0) is 11.3 Å². The Bertz CT molecular complexity index is 1080. The van der Waals surface area contributed by atoms with Gasteiger partial charge in [-0.3, -0.25) is 9.59 Å². The summed E-state index contributed by atoms with van der Waals surface area (Å²) in [6, 6.07) is 12.5. The van der Waals surface area contributed by atoms with Crippen molar-refractivity contribution in [3.8, 4) is 0 Å². The van der Waals surface area contributed by atoms with Crippen LogP contribution in [-0.4, -0.2) is 22.0 Å². The average molecular weight is 386 g/mol. The highest BCUT2D eigenvalue weighted by Crippen LogP contribution is 2.22. The van der Waals surface area contributed by atoms with Gasteiger partial charge < -0.3 is 21.1 Å². The molecule has 1 amide bonds. The quantitative estimate of drug-likeness (QED) is 0.535. The minimum absolute atomic E-state index is 0.0682. The number of carbonyl (C=O) groups is 2. The minimum atomic E-state index is -1.33. The molecule has 0 aliphatic heterocycles. The number of carboxylic acids is 1. The topological polar surface area (TPSA) is 125 Å². The first-order chi connectivity index (χ1) is 12.9. The van der Waals surface area contributed by atoms with Gasteiger partial charge in [-0.25, -0.2) is 4.79 Å². The SMILES string of the molecule is NC(C(=O)NCc1cc(Cl)cc2cc(C(=O)O)c(=O)[nH]c12)c1ccccc1. The standard InChI is InChI=1S/C19H16ClN3O4/c20-13-6-11-8-14(19(26)27)17(24)23-16(11)12(7-13)9-22-18(25)15(21)10-4-2-1-3-5-10/h1-8,15H,9,21H2,(H,22,25)(H,23,24)(H,26,27). The van der Waals surface area contributed by atoms with Crippen LogP contribution in [0.25, 0.3) is 10.9 Å². The van der Waals surface area contributed by atoms with Crippen LogP contribution in [0, 0.1) is 0 Å². The van der Waals surface area contributed by atoms with Gasteiger partial charge >= 0.3 is 5.97 Å². The number of carbonyl (C=O) groups excluding carboxylic acids is 1. The molecule has 0 spiro atoms. The molecule has 7 nitrogen and oxygen atoms in total. The molecule has 27 heavy (non-hydrogen) atoms. The van der Waals surface area contributed by atoms with Crippen LogP contribution in [0.4, 0.5) is 0 Å². The molecule has 8 heteroatoms. The minimum Gasteiger partial charge on any atom is -0.477 e. The molecule has 0 aliphatic rings. The molecule has 0 saturated carbocycles. The molecular weight excluding hydrogens is 370 g/mol. The summed E-state index contributed by atoms with van der Waals surface area (Å²) < 4.78 is 0. The number of aromatic amines is 1. The summed E-state index contributed by atoms with van der Waals surface area (Å²) >= 11 is 6.09. The number of benzene rings is 2. The van der Waals surface area contributed by atoms with Gasteiger partial charge in [0.15, 0.2) is 0 Å². The third-order valence-corrected chi connectivity index (χ3v) is 4.34. The highest BCUT2D eigenvalue weighted by molar-refractivity contribution is 6.31. The number of hydrogen-bond acceptors (Lipinski definition) is 4.